The monoisotopic (exact) mass is 316 g/mol. The van der Waals surface area contributed by atoms with Crippen LogP contribution in [-0.4, -0.2) is 25.0 Å². The lowest BCUT2D eigenvalue weighted by Gasteiger charge is -2.24. The van der Waals surface area contributed by atoms with Crippen LogP contribution in [0.2, 0.25) is 0 Å². The third kappa shape index (κ3) is 3.71. The standard InChI is InChI=1S/C15H18F2N2O.ClH/c16-13-8-10(15(20)19-11-1-2-11)7-12(14(13)17)9-3-5-18-6-4-9;/h7-9,11,18H,1-6H2,(H,19,20);1H. The molecule has 1 saturated heterocycles. The molecule has 1 heterocycles. The van der Waals surface area contributed by atoms with Gasteiger partial charge in [-0.3, -0.25) is 4.79 Å². The van der Waals surface area contributed by atoms with Crippen molar-refractivity contribution in [3.05, 3.63) is 34.9 Å². The number of benzene rings is 1. The largest absolute Gasteiger partial charge is 0.349 e. The first-order chi connectivity index (χ1) is 9.65. The molecule has 0 bridgehead atoms. The third-order valence-electron chi connectivity index (χ3n) is 4.01. The van der Waals surface area contributed by atoms with Crippen molar-refractivity contribution in [3.8, 4) is 0 Å². The summed E-state index contributed by atoms with van der Waals surface area (Å²) >= 11 is 0. The van der Waals surface area contributed by atoms with Crippen LogP contribution in [0.25, 0.3) is 0 Å². The average molecular weight is 317 g/mol. The fourth-order valence-corrected chi connectivity index (χ4v) is 2.67. The van der Waals surface area contributed by atoms with E-state index in [9.17, 15) is 13.6 Å². The van der Waals surface area contributed by atoms with E-state index in [0.29, 0.717) is 5.56 Å². The van der Waals surface area contributed by atoms with Crippen LogP contribution in [-0.2, 0) is 0 Å². The van der Waals surface area contributed by atoms with Gasteiger partial charge in [0.2, 0.25) is 0 Å². The Kier molecular flexibility index (Phi) is 5.17. The summed E-state index contributed by atoms with van der Waals surface area (Å²) in [6, 6.07) is 2.72. The zero-order chi connectivity index (χ0) is 14.1. The van der Waals surface area contributed by atoms with E-state index in [0.717, 1.165) is 44.8 Å². The first-order valence-corrected chi connectivity index (χ1v) is 7.15. The van der Waals surface area contributed by atoms with Crippen LogP contribution in [0.5, 0.6) is 0 Å². The molecule has 1 aromatic carbocycles. The molecular weight excluding hydrogens is 298 g/mol. The number of nitrogens with one attached hydrogen (secondary N) is 2. The summed E-state index contributed by atoms with van der Waals surface area (Å²) in [4.78, 5) is 12.0. The van der Waals surface area contributed by atoms with Gasteiger partial charge in [-0.1, -0.05) is 0 Å². The second-order valence-corrected chi connectivity index (χ2v) is 5.63. The van der Waals surface area contributed by atoms with Gasteiger partial charge < -0.3 is 10.6 Å². The molecule has 1 aliphatic heterocycles. The van der Waals surface area contributed by atoms with E-state index in [4.69, 9.17) is 0 Å². The number of piperidine rings is 1. The van der Waals surface area contributed by atoms with E-state index in [1.54, 1.807) is 0 Å². The lowest BCUT2D eigenvalue weighted by Crippen LogP contribution is -2.28. The van der Waals surface area contributed by atoms with Gasteiger partial charge in [0.25, 0.3) is 5.91 Å². The maximum Gasteiger partial charge on any atom is 0.251 e. The van der Waals surface area contributed by atoms with E-state index >= 15 is 0 Å². The predicted molar refractivity (Wildman–Crippen MR) is 78.9 cm³/mol. The summed E-state index contributed by atoms with van der Waals surface area (Å²) < 4.78 is 27.7. The van der Waals surface area contributed by atoms with Crippen LogP contribution in [0.1, 0.15) is 47.5 Å². The van der Waals surface area contributed by atoms with Crippen molar-refractivity contribution in [2.45, 2.75) is 37.6 Å². The van der Waals surface area contributed by atoms with Crippen LogP contribution in [0, 0.1) is 11.6 Å². The summed E-state index contributed by atoms with van der Waals surface area (Å²) in [6.07, 6.45) is 3.47. The molecule has 6 heteroatoms. The van der Waals surface area contributed by atoms with E-state index in [2.05, 4.69) is 10.6 Å². The quantitative estimate of drug-likeness (QED) is 0.900. The second-order valence-electron chi connectivity index (χ2n) is 5.63. The zero-order valence-corrected chi connectivity index (χ0v) is 12.4. The normalized spacial score (nSPS) is 19.0. The molecule has 1 aliphatic carbocycles. The van der Waals surface area contributed by atoms with E-state index in [-0.39, 0.29) is 35.8 Å². The minimum Gasteiger partial charge on any atom is -0.349 e. The number of carbonyl (C=O) groups is 1. The van der Waals surface area contributed by atoms with Crippen molar-refractivity contribution in [2.24, 2.45) is 0 Å². The van der Waals surface area contributed by atoms with Gasteiger partial charge in [0, 0.05) is 11.6 Å². The topological polar surface area (TPSA) is 41.1 Å². The second kappa shape index (κ2) is 6.71. The molecule has 0 unspecified atom stereocenters. The predicted octanol–water partition coefficient (Wildman–Crippen LogP) is 2.75. The maximum absolute atomic E-state index is 14.0. The molecular formula is C15H19ClF2N2O. The molecule has 1 amide bonds. The molecule has 1 saturated carbocycles. The Bertz CT molecular complexity index is 529. The minimum absolute atomic E-state index is 0. The summed E-state index contributed by atoms with van der Waals surface area (Å²) in [5.74, 6) is -2.05. The van der Waals surface area contributed by atoms with Gasteiger partial charge in [-0.25, -0.2) is 8.78 Å². The Labute approximate surface area is 128 Å². The van der Waals surface area contributed by atoms with Crippen LogP contribution in [0.3, 0.4) is 0 Å². The van der Waals surface area contributed by atoms with Gasteiger partial charge in [0.05, 0.1) is 0 Å². The van der Waals surface area contributed by atoms with Crippen LogP contribution in [0.4, 0.5) is 8.78 Å². The van der Waals surface area contributed by atoms with Crippen molar-refractivity contribution in [1.82, 2.24) is 10.6 Å². The molecule has 3 rings (SSSR count). The van der Waals surface area contributed by atoms with Gasteiger partial charge in [0.15, 0.2) is 11.6 Å². The third-order valence-corrected chi connectivity index (χ3v) is 4.01. The molecule has 0 aromatic heterocycles. The Hall–Kier alpha value is -1.20. The van der Waals surface area contributed by atoms with Crippen LogP contribution in [0.15, 0.2) is 12.1 Å². The number of halogens is 3. The van der Waals surface area contributed by atoms with Gasteiger partial charge in [-0.15, -0.1) is 12.4 Å². The molecule has 0 spiro atoms. The van der Waals surface area contributed by atoms with Gasteiger partial charge in [-0.05, 0) is 62.4 Å². The Morgan fingerprint density at radius 1 is 1.14 bits per heavy atom. The molecule has 21 heavy (non-hydrogen) atoms. The Morgan fingerprint density at radius 2 is 1.81 bits per heavy atom. The van der Waals surface area contributed by atoms with Crippen molar-refractivity contribution in [2.75, 3.05) is 13.1 Å². The highest BCUT2D eigenvalue weighted by Gasteiger charge is 2.26. The van der Waals surface area contributed by atoms with Crippen molar-refractivity contribution < 1.29 is 13.6 Å². The molecule has 2 N–H and O–H groups in total. The van der Waals surface area contributed by atoms with E-state index in [1.807, 2.05) is 0 Å². The zero-order valence-electron chi connectivity index (χ0n) is 11.6. The van der Waals surface area contributed by atoms with Crippen LogP contribution < -0.4 is 10.6 Å². The summed E-state index contributed by atoms with van der Waals surface area (Å²) in [5, 5.41) is 6.00. The Balaban J connectivity index is 0.00000161. The molecule has 116 valence electrons. The highest BCUT2D eigenvalue weighted by Crippen LogP contribution is 2.30. The molecule has 2 aliphatic rings. The molecule has 0 atom stereocenters. The number of amides is 1. The van der Waals surface area contributed by atoms with Gasteiger partial charge >= 0.3 is 0 Å². The number of hydrogen-bond acceptors (Lipinski definition) is 2. The SMILES string of the molecule is Cl.O=C(NC1CC1)c1cc(F)c(F)c(C2CCNCC2)c1. The number of rotatable bonds is 3. The highest BCUT2D eigenvalue weighted by atomic mass is 35.5. The maximum atomic E-state index is 14.0. The molecule has 2 fully saturated rings. The Morgan fingerprint density at radius 3 is 2.43 bits per heavy atom. The van der Waals surface area contributed by atoms with Crippen molar-refractivity contribution in [3.63, 3.8) is 0 Å². The molecule has 1 aromatic rings. The minimum atomic E-state index is -0.929. The van der Waals surface area contributed by atoms with E-state index < -0.39 is 11.6 Å². The lowest BCUT2D eigenvalue weighted by atomic mass is 9.88. The first kappa shape index (κ1) is 16.2. The van der Waals surface area contributed by atoms with Crippen molar-refractivity contribution in [1.29, 1.82) is 0 Å². The smallest absolute Gasteiger partial charge is 0.251 e. The number of hydrogen-bond donors (Lipinski definition) is 2. The summed E-state index contributed by atoms with van der Waals surface area (Å²) in [5.41, 5.74) is 0.566. The first-order valence-electron chi connectivity index (χ1n) is 7.15. The van der Waals surface area contributed by atoms with Crippen molar-refractivity contribution >= 4 is 18.3 Å². The fraction of sp³-hybridized carbons (Fsp3) is 0.533. The lowest BCUT2D eigenvalue weighted by molar-refractivity contribution is 0.0950. The van der Waals surface area contributed by atoms with Crippen LogP contribution >= 0.6 is 12.4 Å². The van der Waals surface area contributed by atoms with Gasteiger partial charge in [-0.2, -0.15) is 0 Å². The fourth-order valence-electron chi connectivity index (χ4n) is 2.67. The molecule has 0 radical (unpaired) electrons. The summed E-state index contributed by atoms with van der Waals surface area (Å²) in [6.45, 7) is 1.59. The number of carbonyl (C=O) groups excluding carboxylic acids is 1. The molecule has 3 nitrogen and oxygen atoms in total. The summed E-state index contributed by atoms with van der Waals surface area (Å²) in [7, 11) is 0. The van der Waals surface area contributed by atoms with E-state index in [1.165, 1.54) is 6.07 Å². The average Bonchev–Trinajstić information content (AvgIpc) is 3.26. The van der Waals surface area contributed by atoms with Gasteiger partial charge in [0.1, 0.15) is 0 Å². The highest BCUT2D eigenvalue weighted by molar-refractivity contribution is 5.94.